The van der Waals surface area contributed by atoms with Crippen LogP contribution in [0.4, 0.5) is 5.69 Å². The molecule has 23 heavy (non-hydrogen) atoms. The number of anilines is 1. The number of benzene rings is 2. The number of thioether (sulfide) groups is 1. The number of carbonyl (C=O) groups is 2. The van der Waals surface area contributed by atoms with Gasteiger partial charge in [0.05, 0.1) is 16.6 Å². The third-order valence-corrected chi connectivity index (χ3v) is 4.75. The number of rotatable bonds is 2. The maximum atomic E-state index is 12.5. The molecule has 1 amide bonds. The number of fused-ring (bicyclic) bond motifs is 1. The fourth-order valence-corrected chi connectivity index (χ4v) is 3.56. The van der Waals surface area contributed by atoms with Crippen molar-refractivity contribution in [2.45, 2.75) is 4.90 Å². The van der Waals surface area contributed by atoms with Gasteiger partial charge in [0.25, 0.3) is 5.91 Å². The normalized spacial score (nSPS) is 15.7. The molecular weight excluding hydrogens is 334 g/mol. The first kappa shape index (κ1) is 15.6. The second-order valence-corrected chi connectivity index (χ2v) is 6.52. The lowest BCUT2D eigenvalue weighted by atomic mass is 10.1. The predicted molar refractivity (Wildman–Crippen MR) is 89.5 cm³/mol. The van der Waals surface area contributed by atoms with E-state index >= 15 is 0 Å². The Morgan fingerprint density at radius 1 is 1.26 bits per heavy atom. The zero-order chi connectivity index (χ0) is 16.6. The van der Waals surface area contributed by atoms with Gasteiger partial charge in [0, 0.05) is 17.0 Å². The van der Waals surface area contributed by atoms with Gasteiger partial charge in [-0.15, -0.1) is 0 Å². The second kappa shape index (κ2) is 6.10. The molecule has 0 saturated heterocycles. The highest BCUT2D eigenvalue weighted by Crippen LogP contribution is 2.41. The van der Waals surface area contributed by atoms with Crippen LogP contribution in [-0.4, -0.2) is 18.9 Å². The summed E-state index contributed by atoms with van der Waals surface area (Å²) in [7, 11) is 1.62. The van der Waals surface area contributed by atoms with E-state index in [-0.39, 0.29) is 11.5 Å². The summed E-state index contributed by atoms with van der Waals surface area (Å²) in [5.41, 5.74) is 1.44. The monoisotopic (exact) mass is 344 g/mol. The number of carboxylic acid groups (broad SMARTS) is 1. The summed E-state index contributed by atoms with van der Waals surface area (Å²) in [4.78, 5) is 26.3. The molecule has 4 nitrogen and oxygen atoms in total. The molecule has 0 unspecified atom stereocenters. The van der Waals surface area contributed by atoms with Gasteiger partial charge in [0.1, 0.15) is 0 Å². The van der Waals surface area contributed by atoms with Crippen LogP contribution in [-0.2, 0) is 4.79 Å². The Bertz CT molecular complexity index is 847. The summed E-state index contributed by atoms with van der Waals surface area (Å²) in [6.45, 7) is 0. The smallest absolute Gasteiger partial charge is 0.264 e. The maximum Gasteiger partial charge on any atom is 0.264 e. The average Bonchev–Trinajstić information content (AvgIpc) is 2.52. The van der Waals surface area contributed by atoms with Gasteiger partial charge in [-0.3, -0.25) is 4.79 Å². The highest BCUT2D eigenvalue weighted by molar-refractivity contribution is 8.04. The van der Waals surface area contributed by atoms with Gasteiger partial charge in [0.15, 0.2) is 0 Å². The second-order valence-electron chi connectivity index (χ2n) is 5.00. The van der Waals surface area contributed by atoms with E-state index in [1.54, 1.807) is 31.3 Å². The van der Waals surface area contributed by atoms with Gasteiger partial charge in [-0.1, -0.05) is 41.6 Å². The van der Waals surface area contributed by atoms with Crippen molar-refractivity contribution >= 4 is 47.0 Å². The topological polar surface area (TPSA) is 60.4 Å². The van der Waals surface area contributed by atoms with Crippen molar-refractivity contribution in [3.63, 3.8) is 0 Å². The first-order valence-electron chi connectivity index (χ1n) is 6.74. The standard InChI is InChI=1S/C17H12ClNO3S/c1-19-13-9-11(17(21)22)5-6-14(13)23-15(16(19)20)8-10-3-2-4-12(18)7-10/h2-9H,1H3,(H,21,22)/p-1. The van der Waals surface area contributed by atoms with Gasteiger partial charge in [-0.2, -0.15) is 0 Å². The van der Waals surface area contributed by atoms with Crippen molar-refractivity contribution in [2.75, 3.05) is 11.9 Å². The number of carboxylic acids is 1. The van der Waals surface area contributed by atoms with Gasteiger partial charge in [-0.05, 0) is 41.5 Å². The SMILES string of the molecule is CN1C(=O)C(=Cc2cccc(Cl)c2)Sc2ccc(C(=O)[O-])cc21. The van der Waals surface area contributed by atoms with Gasteiger partial charge in [0.2, 0.25) is 0 Å². The van der Waals surface area contributed by atoms with Crippen LogP contribution in [0.25, 0.3) is 6.08 Å². The first-order chi connectivity index (χ1) is 11.0. The Labute approximate surface area is 142 Å². The van der Waals surface area contributed by atoms with E-state index in [4.69, 9.17) is 11.6 Å². The van der Waals surface area contributed by atoms with Crippen molar-refractivity contribution in [3.05, 3.63) is 63.5 Å². The zero-order valence-electron chi connectivity index (χ0n) is 12.1. The lowest BCUT2D eigenvalue weighted by Gasteiger charge is -2.27. The lowest BCUT2D eigenvalue weighted by molar-refractivity contribution is -0.255. The molecule has 0 atom stereocenters. The molecule has 116 valence electrons. The molecule has 0 spiro atoms. The first-order valence-corrected chi connectivity index (χ1v) is 7.94. The van der Waals surface area contributed by atoms with Crippen LogP contribution in [0.3, 0.4) is 0 Å². The number of hydrogen-bond acceptors (Lipinski definition) is 4. The number of carbonyl (C=O) groups excluding carboxylic acids is 2. The van der Waals surface area contributed by atoms with Crippen LogP contribution >= 0.6 is 23.4 Å². The van der Waals surface area contributed by atoms with Gasteiger partial charge >= 0.3 is 0 Å². The molecule has 2 aromatic rings. The number of likely N-dealkylation sites (N-methyl/N-ethyl adjacent to an activating group) is 1. The number of aromatic carboxylic acids is 1. The molecule has 1 aliphatic rings. The Morgan fingerprint density at radius 2 is 2.04 bits per heavy atom. The summed E-state index contributed by atoms with van der Waals surface area (Å²) in [6, 6.07) is 11.8. The molecule has 0 saturated carbocycles. The summed E-state index contributed by atoms with van der Waals surface area (Å²) >= 11 is 7.27. The van der Waals surface area contributed by atoms with Crippen LogP contribution in [0.2, 0.25) is 5.02 Å². The van der Waals surface area contributed by atoms with E-state index in [9.17, 15) is 14.7 Å². The average molecular weight is 345 g/mol. The van der Waals surface area contributed by atoms with Crippen LogP contribution in [0.15, 0.2) is 52.3 Å². The number of amides is 1. The summed E-state index contributed by atoms with van der Waals surface area (Å²) < 4.78 is 0. The van der Waals surface area contributed by atoms with Crippen molar-refractivity contribution < 1.29 is 14.7 Å². The highest BCUT2D eigenvalue weighted by atomic mass is 35.5. The molecule has 2 aromatic carbocycles. The Hall–Kier alpha value is -2.24. The molecule has 1 aliphatic heterocycles. The van der Waals surface area contributed by atoms with Crippen LogP contribution in [0.1, 0.15) is 15.9 Å². The van der Waals surface area contributed by atoms with Gasteiger partial charge in [-0.25, -0.2) is 0 Å². The summed E-state index contributed by atoms with van der Waals surface area (Å²) in [6.07, 6.45) is 1.77. The predicted octanol–water partition coefficient (Wildman–Crippen LogP) is 2.81. The van der Waals surface area contributed by atoms with Crippen molar-refractivity contribution in [3.8, 4) is 0 Å². The van der Waals surface area contributed by atoms with Crippen molar-refractivity contribution in [1.82, 2.24) is 0 Å². The minimum absolute atomic E-state index is 0.0475. The summed E-state index contributed by atoms with van der Waals surface area (Å²) in [5, 5.41) is 11.6. The third kappa shape index (κ3) is 3.11. The van der Waals surface area contributed by atoms with E-state index in [2.05, 4.69) is 0 Å². The fraction of sp³-hybridized carbons (Fsp3) is 0.0588. The minimum Gasteiger partial charge on any atom is -0.545 e. The molecule has 0 N–H and O–H groups in total. The molecule has 3 rings (SSSR count). The van der Waals surface area contributed by atoms with Crippen LogP contribution in [0.5, 0.6) is 0 Å². The number of nitrogens with zero attached hydrogens (tertiary/aromatic N) is 1. The third-order valence-electron chi connectivity index (χ3n) is 3.44. The molecule has 0 aromatic heterocycles. The number of hydrogen-bond donors (Lipinski definition) is 0. The van der Waals surface area contributed by atoms with Crippen LogP contribution in [0, 0.1) is 0 Å². The molecule has 1 heterocycles. The number of halogens is 1. The van der Waals surface area contributed by atoms with E-state index in [1.807, 2.05) is 12.1 Å². The van der Waals surface area contributed by atoms with E-state index in [1.165, 1.54) is 28.8 Å². The summed E-state index contributed by atoms with van der Waals surface area (Å²) in [5.74, 6) is -1.46. The van der Waals surface area contributed by atoms with E-state index in [0.29, 0.717) is 15.6 Å². The molecule has 0 bridgehead atoms. The molecule has 0 aliphatic carbocycles. The fourth-order valence-electron chi connectivity index (χ4n) is 2.27. The largest absolute Gasteiger partial charge is 0.545 e. The maximum absolute atomic E-state index is 12.5. The Kier molecular flexibility index (Phi) is 4.15. The molecular formula is C17H11ClNO3S-. The van der Waals surface area contributed by atoms with Crippen molar-refractivity contribution in [2.24, 2.45) is 0 Å². The Morgan fingerprint density at radius 3 is 2.74 bits per heavy atom. The molecule has 0 fully saturated rings. The zero-order valence-corrected chi connectivity index (χ0v) is 13.6. The van der Waals surface area contributed by atoms with E-state index < -0.39 is 5.97 Å². The molecule has 0 radical (unpaired) electrons. The quantitative estimate of drug-likeness (QED) is 0.786. The lowest BCUT2D eigenvalue weighted by Crippen LogP contribution is -2.31. The van der Waals surface area contributed by atoms with Crippen molar-refractivity contribution in [1.29, 1.82) is 0 Å². The van der Waals surface area contributed by atoms with E-state index in [0.717, 1.165) is 10.5 Å². The minimum atomic E-state index is -1.26. The van der Waals surface area contributed by atoms with Crippen LogP contribution < -0.4 is 10.0 Å². The highest BCUT2D eigenvalue weighted by Gasteiger charge is 2.26. The Balaban J connectivity index is 2.01. The molecule has 6 heteroatoms. The van der Waals surface area contributed by atoms with Gasteiger partial charge < -0.3 is 14.8 Å².